The molecule has 0 aliphatic carbocycles. The van der Waals surface area contributed by atoms with Gasteiger partial charge in [0, 0.05) is 6.54 Å². The molecule has 1 aliphatic rings. The van der Waals surface area contributed by atoms with Crippen LogP contribution in [-0.4, -0.2) is 26.7 Å². The van der Waals surface area contributed by atoms with E-state index in [1.165, 1.54) is 0 Å². The van der Waals surface area contributed by atoms with E-state index in [4.69, 9.17) is 4.52 Å². The van der Waals surface area contributed by atoms with Crippen LogP contribution in [0.5, 0.6) is 0 Å². The Labute approximate surface area is 119 Å². The van der Waals surface area contributed by atoms with E-state index in [2.05, 4.69) is 25.0 Å². The zero-order valence-electron chi connectivity index (χ0n) is 11.0. The van der Waals surface area contributed by atoms with Gasteiger partial charge in [-0.25, -0.2) is 9.97 Å². The summed E-state index contributed by atoms with van der Waals surface area (Å²) in [6.45, 7) is 2.80. The lowest BCUT2D eigenvalue weighted by atomic mass is 10.2. The van der Waals surface area contributed by atoms with Gasteiger partial charge in [-0.05, 0) is 31.2 Å². The first kappa shape index (κ1) is 11.8. The van der Waals surface area contributed by atoms with Crippen molar-refractivity contribution in [3.05, 3.63) is 29.5 Å². The van der Waals surface area contributed by atoms with Gasteiger partial charge in [0.15, 0.2) is 11.6 Å². The van der Waals surface area contributed by atoms with E-state index in [1.54, 1.807) is 17.7 Å². The molecule has 1 atom stereocenters. The predicted molar refractivity (Wildman–Crippen MR) is 75.8 cm³/mol. The number of hydrogen-bond donors (Lipinski definition) is 0. The number of fused-ring (bicyclic) bond motifs is 1. The minimum atomic E-state index is 0.122. The molecule has 3 aromatic heterocycles. The molecule has 3 aromatic rings. The largest absolute Gasteiger partial charge is 0.343 e. The Morgan fingerprint density at radius 3 is 3.20 bits per heavy atom. The molecule has 0 bridgehead atoms. The average molecular weight is 287 g/mol. The van der Waals surface area contributed by atoms with Gasteiger partial charge < -0.3 is 9.42 Å². The summed E-state index contributed by atoms with van der Waals surface area (Å²) in [5, 5.41) is 5.95. The predicted octanol–water partition coefficient (Wildman–Crippen LogP) is 2.72. The first-order valence-corrected chi connectivity index (χ1v) is 7.46. The zero-order valence-corrected chi connectivity index (χ0v) is 11.8. The molecule has 0 radical (unpaired) electrons. The number of thiophene rings is 1. The summed E-state index contributed by atoms with van der Waals surface area (Å²) in [5.74, 6) is 2.34. The summed E-state index contributed by atoms with van der Waals surface area (Å²) < 4.78 is 6.47. The third-order valence-electron chi connectivity index (χ3n) is 3.58. The lowest BCUT2D eigenvalue weighted by molar-refractivity contribution is 0.352. The van der Waals surface area contributed by atoms with Crippen molar-refractivity contribution < 1.29 is 4.52 Å². The summed E-state index contributed by atoms with van der Waals surface area (Å²) in [7, 11) is 0. The SMILES string of the molecule is Cc1noc(C2CCCN2c2ncnc3ccsc23)n1. The van der Waals surface area contributed by atoms with E-state index >= 15 is 0 Å². The van der Waals surface area contributed by atoms with Crippen molar-refractivity contribution in [1.29, 1.82) is 0 Å². The molecule has 1 saturated heterocycles. The number of aryl methyl sites for hydroxylation is 1. The molecule has 1 aliphatic heterocycles. The van der Waals surface area contributed by atoms with Crippen molar-refractivity contribution in [1.82, 2.24) is 20.1 Å². The monoisotopic (exact) mass is 287 g/mol. The van der Waals surface area contributed by atoms with Crippen molar-refractivity contribution in [3.8, 4) is 0 Å². The van der Waals surface area contributed by atoms with E-state index in [1.807, 2.05) is 18.4 Å². The van der Waals surface area contributed by atoms with E-state index < -0.39 is 0 Å². The molecule has 1 unspecified atom stereocenters. The number of hydrogen-bond acceptors (Lipinski definition) is 7. The maximum Gasteiger partial charge on any atom is 0.249 e. The average Bonchev–Trinajstić information content (AvgIpc) is 3.17. The lowest BCUT2D eigenvalue weighted by Gasteiger charge is -2.23. The van der Waals surface area contributed by atoms with Gasteiger partial charge >= 0.3 is 0 Å². The molecular formula is C13H13N5OS. The van der Waals surface area contributed by atoms with Gasteiger partial charge in [-0.3, -0.25) is 0 Å². The fraction of sp³-hybridized carbons (Fsp3) is 0.385. The van der Waals surface area contributed by atoms with Crippen molar-refractivity contribution in [2.75, 3.05) is 11.4 Å². The fourth-order valence-corrected chi connectivity index (χ4v) is 3.56. The highest BCUT2D eigenvalue weighted by Crippen LogP contribution is 2.38. The second kappa shape index (κ2) is 4.52. The van der Waals surface area contributed by atoms with Crippen LogP contribution < -0.4 is 4.90 Å². The summed E-state index contributed by atoms with van der Waals surface area (Å²) in [5.41, 5.74) is 0.993. The Kier molecular flexibility index (Phi) is 2.66. The minimum absolute atomic E-state index is 0.122. The van der Waals surface area contributed by atoms with Gasteiger partial charge in [-0.1, -0.05) is 5.16 Å². The third-order valence-corrected chi connectivity index (χ3v) is 4.48. The number of aromatic nitrogens is 4. The van der Waals surface area contributed by atoms with Crippen molar-refractivity contribution >= 4 is 27.4 Å². The standard InChI is InChI=1S/C13H13N5OS/c1-8-16-13(19-17-8)10-3-2-5-18(10)12-11-9(4-6-20-11)14-7-15-12/h4,6-7,10H,2-3,5H2,1H3. The molecule has 6 nitrogen and oxygen atoms in total. The van der Waals surface area contributed by atoms with Crippen LogP contribution in [0.25, 0.3) is 10.2 Å². The van der Waals surface area contributed by atoms with Crippen LogP contribution in [0.2, 0.25) is 0 Å². The maximum absolute atomic E-state index is 5.35. The third kappa shape index (κ3) is 1.77. The first-order chi connectivity index (χ1) is 9.83. The van der Waals surface area contributed by atoms with E-state index in [-0.39, 0.29) is 6.04 Å². The molecule has 20 heavy (non-hydrogen) atoms. The summed E-state index contributed by atoms with van der Waals surface area (Å²) in [4.78, 5) is 15.4. The van der Waals surface area contributed by atoms with Gasteiger partial charge in [0.05, 0.1) is 10.2 Å². The van der Waals surface area contributed by atoms with Crippen LogP contribution in [0.4, 0.5) is 5.82 Å². The minimum Gasteiger partial charge on any atom is -0.343 e. The Bertz CT molecular complexity index is 752. The highest BCUT2D eigenvalue weighted by molar-refractivity contribution is 7.17. The second-order valence-electron chi connectivity index (χ2n) is 4.86. The van der Waals surface area contributed by atoms with Crippen LogP contribution in [0.1, 0.15) is 30.6 Å². The van der Waals surface area contributed by atoms with Crippen LogP contribution in [-0.2, 0) is 0 Å². The van der Waals surface area contributed by atoms with Crippen molar-refractivity contribution in [2.45, 2.75) is 25.8 Å². The first-order valence-electron chi connectivity index (χ1n) is 6.58. The lowest BCUT2D eigenvalue weighted by Crippen LogP contribution is -2.24. The van der Waals surface area contributed by atoms with Gasteiger partial charge in [0.1, 0.15) is 12.4 Å². The quantitative estimate of drug-likeness (QED) is 0.722. The maximum atomic E-state index is 5.35. The van der Waals surface area contributed by atoms with E-state index in [0.29, 0.717) is 11.7 Å². The van der Waals surface area contributed by atoms with E-state index in [9.17, 15) is 0 Å². The molecule has 1 fully saturated rings. The molecular weight excluding hydrogens is 274 g/mol. The number of rotatable bonds is 2. The molecule has 0 aromatic carbocycles. The Hall–Kier alpha value is -2.02. The van der Waals surface area contributed by atoms with Crippen LogP contribution in [0, 0.1) is 6.92 Å². The van der Waals surface area contributed by atoms with Crippen LogP contribution in [0.3, 0.4) is 0 Å². The molecule has 0 N–H and O–H groups in total. The molecule has 0 spiro atoms. The van der Waals surface area contributed by atoms with Gasteiger partial charge in [0.25, 0.3) is 0 Å². The molecule has 0 amide bonds. The zero-order chi connectivity index (χ0) is 13.5. The van der Waals surface area contributed by atoms with E-state index in [0.717, 1.165) is 35.4 Å². The molecule has 7 heteroatoms. The Morgan fingerprint density at radius 2 is 2.35 bits per heavy atom. The van der Waals surface area contributed by atoms with Gasteiger partial charge in [-0.15, -0.1) is 11.3 Å². The molecule has 4 heterocycles. The highest BCUT2D eigenvalue weighted by Gasteiger charge is 2.32. The second-order valence-corrected chi connectivity index (χ2v) is 5.78. The van der Waals surface area contributed by atoms with Crippen LogP contribution >= 0.6 is 11.3 Å². The Morgan fingerprint density at radius 1 is 1.40 bits per heavy atom. The number of nitrogens with zero attached hydrogens (tertiary/aromatic N) is 5. The smallest absolute Gasteiger partial charge is 0.249 e. The molecule has 4 rings (SSSR count). The summed E-state index contributed by atoms with van der Waals surface area (Å²) >= 11 is 1.67. The van der Waals surface area contributed by atoms with Gasteiger partial charge in [-0.2, -0.15) is 4.98 Å². The van der Waals surface area contributed by atoms with Crippen molar-refractivity contribution in [3.63, 3.8) is 0 Å². The van der Waals surface area contributed by atoms with Crippen LogP contribution in [0.15, 0.2) is 22.3 Å². The summed E-state index contributed by atoms with van der Waals surface area (Å²) in [6, 6.07) is 2.14. The Balaban J connectivity index is 1.78. The normalized spacial score (nSPS) is 19.1. The highest BCUT2D eigenvalue weighted by atomic mass is 32.1. The van der Waals surface area contributed by atoms with Crippen molar-refractivity contribution in [2.24, 2.45) is 0 Å². The number of anilines is 1. The molecule has 102 valence electrons. The van der Waals surface area contributed by atoms with Gasteiger partial charge in [0.2, 0.25) is 5.89 Å². The topological polar surface area (TPSA) is 67.9 Å². The fourth-order valence-electron chi connectivity index (χ4n) is 2.71. The molecule has 0 saturated carbocycles. The summed E-state index contributed by atoms with van der Waals surface area (Å²) in [6.07, 6.45) is 3.74.